The van der Waals surface area contributed by atoms with E-state index in [-0.39, 0.29) is 0 Å². The van der Waals surface area contributed by atoms with Gasteiger partial charge in [0.05, 0.1) is 5.69 Å². The zero-order valence-corrected chi connectivity index (χ0v) is 27.0. The van der Waals surface area contributed by atoms with Crippen LogP contribution < -0.4 is 4.90 Å². The molecule has 0 unspecified atom stereocenters. The first kappa shape index (κ1) is 28.8. The van der Waals surface area contributed by atoms with Gasteiger partial charge in [-0.2, -0.15) is 0 Å². The minimum atomic E-state index is 1.11. The Labute approximate surface area is 287 Å². The number of rotatable bonds is 6. The van der Waals surface area contributed by atoms with Crippen molar-refractivity contribution in [3.63, 3.8) is 0 Å². The van der Waals surface area contributed by atoms with Gasteiger partial charge >= 0.3 is 0 Å². The topological polar surface area (TPSA) is 3.24 Å². The fourth-order valence-electron chi connectivity index (χ4n) is 7.21. The number of hydrogen-bond donors (Lipinski definition) is 0. The van der Waals surface area contributed by atoms with E-state index in [9.17, 15) is 0 Å². The maximum atomic E-state index is 2.41. The van der Waals surface area contributed by atoms with Crippen molar-refractivity contribution in [3.8, 4) is 33.4 Å². The molecule has 0 spiro atoms. The van der Waals surface area contributed by atoms with E-state index in [0.29, 0.717) is 0 Å². The summed E-state index contributed by atoms with van der Waals surface area (Å²) < 4.78 is 0. The lowest BCUT2D eigenvalue weighted by atomic mass is 9.96. The van der Waals surface area contributed by atoms with Crippen molar-refractivity contribution in [3.05, 3.63) is 200 Å². The zero-order chi connectivity index (χ0) is 32.6. The highest BCUT2D eigenvalue weighted by Crippen LogP contribution is 2.43. The lowest BCUT2D eigenvalue weighted by Crippen LogP contribution is -2.11. The molecule has 0 amide bonds. The van der Waals surface area contributed by atoms with Gasteiger partial charge in [0, 0.05) is 16.9 Å². The summed E-state index contributed by atoms with van der Waals surface area (Å²) in [6, 6.07) is 72.4. The summed E-state index contributed by atoms with van der Waals surface area (Å²) in [5.74, 6) is 0. The highest BCUT2D eigenvalue weighted by atomic mass is 15.1. The van der Waals surface area contributed by atoms with Gasteiger partial charge in [0.1, 0.15) is 0 Å². The molecule has 0 saturated heterocycles. The van der Waals surface area contributed by atoms with Gasteiger partial charge in [0.2, 0.25) is 0 Å². The SMILES string of the molecule is c1ccc(-c2cccc(-c3ccc(N(c4ccc5ccc6c7ccccc7ccc6c5c4)c4ccccc4-c4ccccc4)cc3)c2)cc1. The molecular weight excluding hydrogens is 591 g/mol. The predicted octanol–water partition coefficient (Wildman–Crippen LogP) is 13.6. The summed E-state index contributed by atoms with van der Waals surface area (Å²) >= 11 is 0. The van der Waals surface area contributed by atoms with Crippen molar-refractivity contribution >= 4 is 49.4 Å². The number of benzene rings is 9. The van der Waals surface area contributed by atoms with Crippen LogP contribution in [0.15, 0.2) is 200 Å². The van der Waals surface area contributed by atoms with Gasteiger partial charge in [-0.15, -0.1) is 0 Å². The van der Waals surface area contributed by atoms with E-state index in [2.05, 4.69) is 205 Å². The molecule has 0 radical (unpaired) electrons. The Morgan fingerprint density at radius 2 is 0.796 bits per heavy atom. The standard InChI is InChI=1S/C48H33N/c1-3-12-34(13-4-1)39-17-11-18-40(32-39)35-22-27-41(28-23-35)49(48-21-10-9-20-44(48)36-14-5-2-6-15-36)42-29-24-38-26-30-45-43-19-8-7-16-37(43)25-31-46(45)47(38)33-42/h1-33H. The highest BCUT2D eigenvalue weighted by Gasteiger charge is 2.18. The fraction of sp³-hybridized carbons (Fsp3) is 0. The molecule has 9 rings (SSSR count). The molecule has 9 aromatic rings. The minimum absolute atomic E-state index is 1.11. The average molecular weight is 624 g/mol. The Morgan fingerprint density at radius 3 is 1.55 bits per heavy atom. The third kappa shape index (κ3) is 5.32. The number of hydrogen-bond acceptors (Lipinski definition) is 1. The fourth-order valence-corrected chi connectivity index (χ4v) is 7.21. The van der Waals surface area contributed by atoms with Gasteiger partial charge in [-0.3, -0.25) is 0 Å². The largest absolute Gasteiger partial charge is 0.310 e. The maximum Gasteiger partial charge on any atom is 0.0540 e. The molecule has 0 aliphatic carbocycles. The Balaban J connectivity index is 1.21. The van der Waals surface area contributed by atoms with E-state index in [1.807, 2.05) is 0 Å². The summed E-state index contributed by atoms with van der Waals surface area (Å²) in [5.41, 5.74) is 10.6. The summed E-state index contributed by atoms with van der Waals surface area (Å²) in [4.78, 5) is 2.41. The molecule has 230 valence electrons. The zero-order valence-electron chi connectivity index (χ0n) is 27.0. The Hall–Kier alpha value is -6.44. The van der Waals surface area contributed by atoms with Crippen LogP contribution >= 0.6 is 0 Å². The van der Waals surface area contributed by atoms with Crippen molar-refractivity contribution < 1.29 is 0 Å². The molecule has 0 aromatic heterocycles. The van der Waals surface area contributed by atoms with Crippen molar-refractivity contribution in [1.82, 2.24) is 0 Å². The predicted molar refractivity (Wildman–Crippen MR) is 210 cm³/mol. The van der Waals surface area contributed by atoms with E-state index >= 15 is 0 Å². The summed E-state index contributed by atoms with van der Waals surface area (Å²) in [5, 5.41) is 7.57. The first-order chi connectivity index (χ1) is 24.3. The maximum absolute atomic E-state index is 2.41. The van der Waals surface area contributed by atoms with Crippen LogP contribution in [0.2, 0.25) is 0 Å². The Bertz CT molecular complexity index is 2590. The average Bonchev–Trinajstić information content (AvgIpc) is 3.19. The van der Waals surface area contributed by atoms with Crippen LogP contribution in [-0.2, 0) is 0 Å². The second-order valence-corrected chi connectivity index (χ2v) is 12.6. The molecule has 0 heterocycles. The molecule has 1 nitrogen and oxygen atoms in total. The van der Waals surface area contributed by atoms with Crippen LogP contribution in [0, 0.1) is 0 Å². The van der Waals surface area contributed by atoms with Crippen LogP contribution in [-0.4, -0.2) is 0 Å². The molecule has 0 atom stereocenters. The van der Waals surface area contributed by atoms with E-state index in [1.54, 1.807) is 0 Å². The van der Waals surface area contributed by atoms with E-state index in [4.69, 9.17) is 0 Å². The van der Waals surface area contributed by atoms with Crippen molar-refractivity contribution in [2.24, 2.45) is 0 Å². The number of fused-ring (bicyclic) bond motifs is 5. The van der Waals surface area contributed by atoms with E-state index < -0.39 is 0 Å². The van der Waals surface area contributed by atoms with Crippen molar-refractivity contribution in [2.75, 3.05) is 4.90 Å². The minimum Gasteiger partial charge on any atom is -0.310 e. The van der Waals surface area contributed by atoms with Crippen LogP contribution in [0.5, 0.6) is 0 Å². The molecular formula is C48H33N. The van der Waals surface area contributed by atoms with Crippen LogP contribution in [0.3, 0.4) is 0 Å². The third-order valence-corrected chi connectivity index (χ3v) is 9.64. The van der Waals surface area contributed by atoms with Crippen molar-refractivity contribution in [2.45, 2.75) is 0 Å². The number of para-hydroxylation sites is 1. The van der Waals surface area contributed by atoms with Gasteiger partial charge in [0.25, 0.3) is 0 Å². The summed E-state index contributed by atoms with van der Waals surface area (Å²) in [6.45, 7) is 0. The molecule has 0 aliphatic heterocycles. The quantitative estimate of drug-likeness (QED) is 0.167. The molecule has 0 saturated carbocycles. The number of nitrogens with zero attached hydrogens (tertiary/aromatic N) is 1. The second kappa shape index (κ2) is 12.3. The smallest absolute Gasteiger partial charge is 0.0540 e. The van der Waals surface area contributed by atoms with Gasteiger partial charge in [0.15, 0.2) is 0 Å². The summed E-state index contributed by atoms with van der Waals surface area (Å²) in [6.07, 6.45) is 0. The molecule has 0 aliphatic rings. The normalized spacial score (nSPS) is 11.3. The first-order valence-electron chi connectivity index (χ1n) is 16.8. The van der Waals surface area contributed by atoms with Gasteiger partial charge < -0.3 is 4.90 Å². The van der Waals surface area contributed by atoms with Crippen LogP contribution in [0.1, 0.15) is 0 Å². The summed E-state index contributed by atoms with van der Waals surface area (Å²) in [7, 11) is 0. The number of anilines is 3. The van der Waals surface area contributed by atoms with E-state index in [1.165, 1.54) is 65.7 Å². The van der Waals surface area contributed by atoms with Crippen LogP contribution in [0.4, 0.5) is 17.1 Å². The second-order valence-electron chi connectivity index (χ2n) is 12.6. The van der Waals surface area contributed by atoms with E-state index in [0.717, 1.165) is 17.1 Å². The van der Waals surface area contributed by atoms with Crippen LogP contribution in [0.25, 0.3) is 65.7 Å². The highest BCUT2D eigenvalue weighted by molar-refractivity contribution is 6.17. The molecule has 9 aromatic carbocycles. The Kier molecular flexibility index (Phi) is 7.22. The van der Waals surface area contributed by atoms with Crippen molar-refractivity contribution in [1.29, 1.82) is 0 Å². The molecule has 0 bridgehead atoms. The monoisotopic (exact) mass is 623 g/mol. The van der Waals surface area contributed by atoms with Gasteiger partial charge in [-0.25, -0.2) is 0 Å². The molecule has 49 heavy (non-hydrogen) atoms. The molecule has 0 N–H and O–H groups in total. The lowest BCUT2D eigenvalue weighted by molar-refractivity contribution is 1.29. The Morgan fingerprint density at radius 1 is 0.265 bits per heavy atom. The van der Waals surface area contributed by atoms with Gasteiger partial charge in [-0.05, 0) is 96.5 Å². The molecule has 1 heteroatoms. The first-order valence-corrected chi connectivity index (χ1v) is 16.8. The van der Waals surface area contributed by atoms with Gasteiger partial charge in [-0.1, -0.05) is 164 Å². The third-order valence-electron chi connectivity index (χ3n) is 9.64. The lowest BCUT2D eigenvalue weighted by Gasteiger charge is -2.28. The molecule has 0 fully saturated rings.